The van der Waals surface area contributed by atoms with Crippen LogP contribution < -0.4 is 5.32 Å². The molecule has 1 aliphatic rings. The molecular formula is C23H29FN2O3Si. The molecule has 5 nitrogen and oxygen atoms in total. The molecule has 160 valence electrons. The van der Waals surface area contributed by atoms with Gasteiger partial charge in [-0.15, -0.1) is 0 Å². The Hall–Kier alpha value is -2.51. The van der Waals surface area contributed by atoms with Crippen molar-refractivity contribution in [3.8, 4) is 0 Å². The quantitative estimate of drug-likeness (QED) is 0.560. The Bertz CT molecular complexity index is 917. The van der Waals surface area contributed by atoms with Crippen molar-refractivity contribution in [2.45, 2.75) is 44.7 Å². The van der Waals surface area contributed by atoms with Crippen molar-refractivity contribution < 1.29 is 18.7 Å². The maximum atomic E-state index is 14.5. The van der Waals surface area contributed by atoms with E-state index < -0.39 is 20.1 Å². The van der Waals surface area contributed by atoms with E-state index in [4.69, 9.17) is 4.74 Å². The van der Waals surface area contributed by atoms with Crippen LogP contribution in [0, 0.1) is 5.82 Å². The van der Waals surface area contributed by atoms with Gasteiger partial charge >= 0.3 is 5.97 Å². The lowest BCUT2D eigenvalue weighted by molar-refractivity contribution is -0.135. The molecule has 1 amide bonds. The maximum Gasteiger partial charge on any atom is 0.337 e. The van der Waals surface area contributed by atoms with Crippen molar-refractivity contribution in [1.29, 1.82) is 0 Å². The van der Waals surface area contributed by atoms with Crippen LogP contribution >= 0.6 is 0 Å². The van der Waals surface area contributed by atoms with Crippen LogP contribution in [-0.4, -0.2) is 44.2 Å². The summed E-state index contributed by atoms with van der Waals surface area (Å²) in [4.78, 5) is 26.9. The standard InChI is InChI=1S/C23H29FN2O3Si/c1-16(19-7-5-6-8-20(19)24)26(22(27)21-14-30(3,4)15-25-21)13-17-9-11-18(12-10-17)23(28)29-2/h5-12,16,21,25H,13-15H2,1-4H3/t16-,21?/m1/s1. The maximum absolute atomic E-state index is 14.5. The number of benzene rings is 2. The minimum absolute atomic E-state index is 0.0131. The SMILES string of the molecule is COC(=O)c1ccc(CN(C(=O)C2C[Si](C)(C)CN2)[C@H](C)c2ccccc2F)cc1. The molecule has 0 saturated carbocycles. The van der Waals surface area contributed by atoms with Gasteiger partial charge in [-0.3, -0.25) is 4.79 Å². The molecule has 1 unspecified atom stereocenters. The van der Waals surface area contributed by atoms with E-state index in [0.29, 0.717) is 17.7 Å². The van der Waals surface area contributed by atoms with Crippen LogP contribution in [0.25, 0.3) is 0 Å². The van der Waals surface area contributed by atoms with Gasteiger partial charge in [-0.05, 0) is 42.9 Å². The Kier molecular flexibility index (Phi) is 6.73. The van der Waals surface area contributed by atoms with E-state index in [1.807, 2.05) is 6.92 Å². The molecule has 0 spiro atoms. The van der Waals surface area contributed by atoms with E-state index in [0.717, 1.165) is 17.8 Å². The fraction of sp³-hybridized carbons (Fsp3) is 0.391. The zero-order valence-corrected chi connectivity index (χ0v) is 18.9. The van der Waals surface area contributed by atoms with Crippen molar-refractivity contribution in [2.24, 2.45) is 0 Å². The van der Waals surface area contributed by atoms with Gasteiger partial charge in [0.2, 0.25) is 5.91 Å². The summed E-state index contributed by atoms with van der Waals surface area (Å²) in [6.45, 7) is 6.72. The Morgan fingerprint density at radius 1 is 1.20 bits per heavy atom. The van der Waals surface area contributed by atoms with E-state index in [-0.39, 0.29) is 17.8 Å². The van der Waals surface area contributed by atoms with E-state index in [2.05, 4.69) is 18.4 Å². The zero-order valence-electron chi connectivity index (χ0n) is 17.9. The van der Waals surface area contributed by atoms with Crippen LogP contribution in [-0.2, 0) is 16.1 Å². The second kappa shape index (κ2) is 9.10. The Morgan fingerprint density at radius 3 is 2.43 bits per heavy atom. The van der Waals surface area contributed by atoms with E-state index >= 15 is 0 Å². The Labute approximate surface area is 178 Å². The first-order chi connectivity index (χ1) is 14.2. The molecule has 0 aliphatic carbocycles. The van der Waals surface area contributed by atoms with Crippen molar-refractivity contribution in [3.63, 3.8) is 0 Å². The van der Waals surface area contributed by atoms with Crippen molar-refractivity contribution in [3.05, 3.63) is 71.0 Å². The van der Waals surface area contributed by atoms with Gasteiger partial charge in [0.25, 0.3) is 0 Å². The van der Waals surface area contributed by atoms with Gasteiger partial charge in [-0.1, -0.05) is 43.4 Å². The first kappa shape index (κ1) is 22.2. The van der Waals surface area contributed by atoms with E-state index in [9.17, 15) is 14.0 Å². The van der Waals surface area contributed by atoms with Gasteiger partial charge < -0.3 is 15.0 Å². The Balaban J connectivity index is 1.88. The number of halogens is 1. The van der Waals surface area contributed by atoms with Gasteiger partial charge in [-0.25, -0.2) is 9.18 Å². The number of carbonyl (C=O) groups is 2. The predicted octanol–water partition coefficient (Wildman–Crippen LogP) is 3.92. The highest BCUT2D eigenvalue weighted by molar-refractivity contribution is 6.78. The fourth-order valence-electron chi connectivity index (χ4n) is 3.92. The highest BCUT2D eigenvalue weighted by Crippen LogP contribution is 2.28. The van der Waals surface area contributed by atoms with E-state index in [1.165, 1.54) is 13.2 Å². The first-order valence-electron chi connectivity index (χ1n) is 10.2. The number of hydrogen-bond donors (Lipinski definition) is 1. The highest BCUT2D eigenvalue weighted by atomic mass is 28.3. The summed E-state index contributed by atoms with van der Waals surface area (Å²) in [5.41, 5.74) is 1.81. The summed E-state index contributed by atoms with van der Waals surface area (Å²) in [5, 5.41) is 3.38. The first-order valence-corrected chi connectivity index (χ1v) is 13.6. The molecule has 1 N–H and O–H groups in total. The number of hydrogen-bond acceptors (Lipinski definition) is 4. The molecule has 2 atom stereocenters. The van der Waals surface area contributed by atoms with Gasteiger partial charge in [0.1, 0.15) is 5.82 Å². The Morgan fingerprint density at radius 2 is 1.87 bits per heavy atom. The molecular weight excluding hydrogens is 399 g/mol. The number of esters is 1. The lowest BCUT2D eigenvalue weighted by Crippen LogP contribution is -2.44. The zero-order chi connectivity index (χ0) is 21.9. The van der Waals surface area contributed by atoms with Gasteiger partial charge in [-0.2, -0.15) is 0 Å². The van der Waals surface area contributed by atoms with Crippen LogP contribution in [0.4, 0.5) is 4.39 Å². The molecule has 3 rings (SSSR count). The predicted molar refractivity (Wildman–Crippen MR) is 117 cm³/mol. The van der Waals surface area contributed by atoms with Crippen LogP contribution in [0.3, 0.4) is 0 Å². The number of nitrogens with one attached hydrogen (secondary N) is 1. The molecule has 2 aromatic carbocycles. The number of amides is 1. The summed E-state index contributed by atoms with van der Waals surface area (Å²) < 4.78 is 19.2. The molecule has 1 heterocycles. The molecule has 0 aromatic heterocycles. The monoisotopic (exact) mass is 428 g/mol. The molecule has 30 heavy (non-hydrogen) atoms. The minimum atomic E-state index is -1.44. The summed E-state index contributed by atoms with van der Waals surface area (Å²) in [5.74, 6) is -0.740. The second-order valence-corrected chi connectivity index (χ2v) is 13.7. The largest absolute Gasteiger partial charge is 0.465 e. The molecule has 7 heteroatoms. The second-order valence-electron chi connectivity index (χ2n) is 8.65. The number of nitrogens with zero attached hydrogens (tertiary/aromatic N) is 1. The van der Waals surface area contributed by atoms with Crippen molar-refractivity contribution >= 4 is 20.0 Å². The van der Waals surface area contributed by atoms with Crippen molar-refractivity contribution in [2.75, 3.05) is 13.3 Å². The normalized spacial score (nSPS) is 18.6. The van der Waals surface area contributed by atoms with Crippen LogP contribution in [0.2, 0.25) is 19.1 Å². The smallest absolute Gasteiger partial charge is 0.337 e. The van der Waals surface area contributed by atoms with Gasteiger partial charge in [0.05, 0.1) is 32.8 Å². The molecule has 0 bridgehead atoms. The summed E-state index contributed by atoms with van der Waals surface area (Å²) in [6.07, 6.45) is 0.902. The minimum Gasteiger partial charge on any atom is -0.465 e. The fourth-order valence-corrected chi connectivity index (χ4v) is 6.29. The molecule has 1 saturated heterocycles. The molecule has 1 aliphatic heterocycles. The number of carbonyl (C=O) groups excluding carboxylic acids is 2. The lowest BCUT2D eigenvalue weighted by atomic mass is 10.0. The average molecular weight is 429 g/mol. The summed E-state index contributed by atoms with van der Waals surface area (Å²) in [7, 11) is -0.0978. The van der Waals surface area contributed by atoms with Gasteiger partial charge in [0, 0.05) is 12.1 Å². The van der Waals surface area contributed by atoms with Crippen molar-refractivity contribution in [1.82, 2.24) is 10.2 Å². The van der Waals surface area contributed by atoms with Crippen LogP contribution in [0.15, 0.2) is 48.5 Å². The van der Waals surface area contributed by atoms with E-state index in [1.54, 1.807) is 47.4 Å². The number of rotatable bonds is 6. The third kappa shape index (κ3) is 4.96. The van der Waals surface area contributed by atoms with Gasteiger partial charge in [0.15, 0.2) is 0 Å². The molecule has 2 aromatic rings. The lowest BCUT2D eigenvalue weighted by Gasteiger charge is -2.32. The highest BCUT2D eigenvalue weighted by Gasteiger charge is 2.39. The number of methoxy groups -OCH3 is 1. The summed E-state index contributed by atoms with van der Waals surface area (Å²) >= 11 is 0. The molecule has 1 fully saturated rings. The molecule has 0 radical (unpaired) electrons. The van der Waals surface area contributed by atoms with Crippen LogP contribution in [0.5, 0.6) is 0 Å². The van der Waals surface area contributed by atoms with Crippen LogP contribution in [0.1, 0.15) is 34.5 Å². The average Bonchev–Trinajstić information content (AvgIpc) is 3.11. The number of ether oxygens (including phenoxy) is 1. The third-order valence-corrected chi connectivity index (χ3v) is 8.39. The third-order valence-electron chi connectivity index (χ3n) is 5.72. The summed E-state index contributed by atoms with van der Waals surface area (Å²) in [6, 6.07) is 13.8. The topological polar surface area (TPSA) is 58.6 Å².